The number of hydrogen-bond acceptors (Lipinski definition) is 6. The van der Waals surface area contributed by atoms with Crippen molar-refractivity contribution in [3.63, 3.8) is 0 Å². The number of carboxylic acid groups (broad SMARTS) is 1. The van der Waals surface area contributed by atoms with E-state index >= 15 is 0 Å². The van der Waals surface area contributed by atoms with Crippen LogP contribution >= 0.6 is 11.8 Å². The number of benzene rings is 1. The van der Waals surface area contributed by atoms with Crippen LogP contribution in [-0.4, -0.2) is 47.9 Å². The van der Waals surface area contributed by atoms with Crippen molar-refractivity contribution in [2.24, 2.45) is 0 Å². The van der Waals surface area contributed by atoms with Gasteiger partial charge in [0.15, 0.2) is 0 Å². The predicted molar refractivity (Wildman–Crippen MR) is 80.3 cm³/mol. The summed E-state index contributed by atoms with van der Waals surface area (Å²) in [4.78, 5) is 34.3. The highest BCUT2D eigenvalue weighted by Gasteiger charge is 2.25. The van der Waals surface area contributed by atoms with E-state index in [4.69, 9.17) is 9.84 Å². The first-order chi connectivity index (χ1) is 10.4. The topological polar surface area (TPSA) is 119 Å². The summed E-state index contributed by atoms with van der Waals surface area (Å²) in [5.74, 6) is -2.03. The van der Waals surface area contributed by atoms with Crippen molar-refractivity contribution >= 4 is 29.3 Å². The summed E-state index contributed by atoms with van der Waals surface area (Å²) in [5, 5.41) is 22.3. The van der Waals surface area contributed by atoms with E-state index < -0.39 is 22.8 Å². The number of methoxy groups -OCH3 is 1. The van der Waals surface area contributed by atoms with Gasteiger partial charge in [0.2, 0.25) is 0 Å². The van der Waals surface area contributed by atoms with Crippen molar-refractivity contribution in [2.75, 3.05) is 20.0 Å². The molecule has 9 heteroatoms. The number of carbonyl (C=O) groups is 2. The van der Waals surface area contributed by atoms with E-state index in [2.05, 4.69) is 5.32 Å². The van der Waals surface area contributed by atoms with Crippen molar-refractivity contribution in [3.05, 3.63) is 33.9 Å². The number of carbonyl (C=O) groups excluding carboxylic acids is 1. The maximum atomic E-state index is 12.2. The first kappa shape index (κ1) is 17.9. The van der Waals surface area contributed by atoms with Crippen LogP contribution < -0.4 is 5.32 Å². The number of nitro groups is 1. The molecular weight excluding hydrogens is 312 g/mol. The Morgan fingerprint density at radius 2 is 2.18 bits per heavy atom. The Balaban J connectivity index is 3.04. The Morgan fingerprint density at radius 1 is 1.50 bits per heavy atom. The third-order valence-corrected chi connectivity index (χ3v) is 3.58. The Kier molecular flexibility index (Phi) is 6.80. The number of hydrogen-bond donors (Lipinski definition) is 2. The van der Waals surface area contributed by atoms with Crippen LogP contribution in [0, 0.1) is 10.1 Å². The molecule has 22 heavy (non-hydrogen) atoms. The molecule has 1 rings (SSSR count). The average Bonchev–Trinajstić information content (AvgIpc) is 2.49. The second-order valence-corrected chi connectivity index (χ2v) is 5.17. The number of thioether (sulfide) groups is 1. The maximum absolute atomic E-state index is 12.2. The van der Waals surface area contributed by atoms with Crippen LogP contribution in [0.5, 0.6) is 0 Å². The molecule has 1 amide bonds. The highest BCUT2D eigenvalue weighted by molar-refractivity contribution is 7.98. The number of aliphatic carboxylic acids is 1. The van der Waals surface area contributed by atoms with Gasteiger partial charge >= 0.3 is 5.97 Å². The fourth-order valence-corrected chi connectivity index (χ4v) is 2.15. The first-order valence-electron chi connectivity index (χ1n) is 6.25. The number of rotatable bonds is 8. The Labute approximate surface area is 131 Å². The fourth-order valence-electron chi connectivity index (χ4n) is 1.71. The molecule has 0 saturated heterocycles. The SMILES string of the molecule is COCCC(NC(=O)c1cc(SC)ccc1[N+](=O)[O-])C(=O)O. The zero-order valence-electron chi connectivity index (χ0n) is 12.1. The Morgan fingerprint density at radius 3 is 2.68 bits per heavy atom. The van der Waals surface area contributed by atoms with E-state index in [1.165, 1.54) is 37.1 Å². The Hall–Kier alpha value is -2.13. The van der Waals surface area contributed by atoms with Gasteiger partial charge in [-0.25, -0.2) is 4.79 Å². The molecule has 0 radical (unpaired) electrons. The van der Waals surface area contributed by atoms with Crippen molar-refractivity contribution in [3.8, 4) is 0 Å². The molecule has 0 spiro atoms. The highest BCUT2D eigenvalue weighted by atomic mass is 32.2. The lowest BCUT2D eigenvalue weighted by molar-refractivity contribution is -0.385. The molecule has 0 aliphatic rings. The molecule has 0 aliphatic heterocycles. The van der Waals surface area contributed by atoms with Crippen LogP contribution in [0.4, 0.5) is 5.69 Å². The molecule has 0 fully saturated rings. The van der Waals surface area contributed by atoms with Crippen LogP contribution in [0.25, 0.3) is 0 Å². The molecule has 0 bridgehead atoms. The number of nitro benzene ring substituents is 1. The zero-order chi connectivity index (χ0) is 16.7. The maximum Gasteiger partial charge on any atom is 0.326 e. The largest absolute Gasteiger partial charge is 0.480 e. The second kappa shape index (κ2) is 8.35. The minimum Gasteiger partial charge on any atom is -0.480 e. The van der Waals surface area contributed by atoms with Crippen LogP contribution in [0.15, 0.2) is 23.1 Å². The normalized spacial score (nSPS) is 11.7. The summed E-state index contributed by atoms with van der Waals surface area (Å²) in [5.41, 5.74) is -0.535. The van der Waals surface area contributed by atoms with Gasteiger partial charge in [-0.15, -0.1) is 11.8 Å². The number of nitrogens with zero attached hydrogens (tertiary/aromatic N) is 1. The third kappa shape index (κ3) is 4.71. The van der Waals surface area contributed by atoms with Gasteiger partial charge < -0.3 is 15.2 Å². The lowest BCUT2D eigenvalue weighted by Gasteiger charge is -2.14. The molecule has 1 atom stereocenters. The van der Waals surface area contributed by atoms with Crippen LogP contribution in [0.1, 0.15) is 16.8 Å². The zero-order valence-corrected chi connectivity index (χ0v) is 12.9. The van der Waals surface area contributed by atoms with E-state index in [9.17, 15) is 19.7 Å². The molecule has 120 valence electrons. The summed E-state index contributed by atoms with van der Waals surface area (Å²) in [6.07, 6.45) is 1.83. The lowest BCUT2D eigenvalue weighted by atomic mass is 10.1. The molecule has 1 unspecified atom stereocenters. The number of amides is 1. The van der Waals surface area contributed by atoms with Gasteiger partial charge in [-0.05, 0) is 18.4 Å². The minimum atomic E-state index is -1.23. The molecule has 1 aromatic carbocycles. The summed E-state index contributed by atoms with van der Waals surface area (Å²) in [7, 11) is 1.41. The number of nitrogens with one attached hydrogen (secondary N) is 1. The molecule has 0 aliphatic carbocycles. The van der Waals surface area contributed by atoms with Crippen LogP contribution in [0.3, 0.4) is 0 Å². The standard InChI is InChI=1S/C13H16N2O6S/c1-21-6-5-10(13(17)18)14-12(16)9-7-8(22-2)3-4-11(9)15(19)20/h3-4,7,10H,5-6H2,1-2H3,(H,14,16)(H,17,18). The smallest absolute Gasteiger partial charge is 0.326 e. The van der Waals surface area contributed by atoms with Crippen molar-refractivity contribution in [1.29, 1.82) is 0 Å². The van der Waals surface area contributed by atoms with Gasteiger partial charge in [0.05, 0.1) is 4.92 Å². The van der Waals surface area contributed by atoms with Crippen LogP contribution in [-0.2, 0) is 9.53 Å². The lowest BCUT2D eigenvalue weighted by Crippen LogP contribution is -2.41. The van der Waals surface area contributed by atoms with Crippen molar-refractivity contribution in [2.45, 2.75) is 17.4 Å². The fraction of sp³-hybridized carbons (Fsp3) is 0.385. The monoisotopic (exact) mass is 328 g/mol. The van der Waals surface area contributed by atoms with Gasteiger partial charge in [0, 0.05) is 31.1 Å². The van der Waals surface area contributed by atoms with Crippen LogP contribution in [0.2, 0.25) is 0 Å². The molecule has 1 aromatic rings. The summed E-state index contributed by atoms with van der Waals surface area (Å²) < 4.78 is 4.78. The quantitative estimate of drug-likeness (QED) is 0.422. The number of ether oxygens (including phenoxy) is 1. The first-order valence-corrected chi connectivity index (χ1v) is 7.48. The predicted octanol–water partition coefficient (Wildman–Crippen LogP) is 1.54. The third-order valence-electron chi connectivity index (χ3n) is 2.86. The van der Waals surface area contributed by atoms with Gasteiger partial charge in [-0.1, -0.05) is 0 Å². The molecule has 0 heterocycles. The average molecular weight is 328 g/mol. The van der Waals surface area contributed by atoms with E-state index in [0.717, 1.165) is 0 Å². The van der Waals surface area contributed by atoms with E-state index in [1.807, 2.05) is 0 Å². The van der Waals surface area contributed by atoms with Crippen molar-refractivity contribution in [1.82, 2.24) is 5.32 Å². The minimum absolute atomic E-state index is 0.0631. The van der Waals surface area contributed by atoms with Gasteiger partial charge in [-0.3, -0.25) is 14.9 Å². The second-order valence-electron chi connectivity index (χ2n) is 4.29. The Bertz CT molecular complexity index is 578. The van der Waals surface area contributed by atoms with E-state index in [1.54, 1.807) is 6.26 Å². The van der Waals surface area contributed by atoms with Gasteiger partial charge in [-0.2, -0.15) is 0 Å². The molecule has 2 N–H and O–H groups in total. The summed E-state index contributed by atoms with van der Waals surface area (Å²) in [6.45, 7) is 0.143. The molecule has 0 aromatic heterocycles. The van der Waals surface area contributed by atoms with E-state index in [-0.39, 0.29) is 24.3 Å². The summed E-state index contributed by atoms with van der Waals surface area (Å²) >= 11 is 1.32. The van der Waals surface area contributed by atoms with E-state index in [0.29, 0.717) is 4.90 Å². The molecular formula is C13H16N2O6S. The van der Waals surface area contributed by atoms with Crippen molar-refractivity contribution < 1.29 is 24.4 Å². The highest BCUT2D eigenvalue weighted by Crippen LogP contribution is 2.24. The molecule has 8 nitrogen and oxygen atoms in total. The van der Waals surface area contributed by atoms with Gasteiger partial charge in [0.25, 0.3) is 11.6 Å². The van der Waals surface area contributed by atoms with Gasteiger partial charge in [0.1, 0.15) is 11.6 Å². The molecule has 0 saturated carbocycles. The number of carboxylic acids is 1. The summed E-state index contributed by atoms with van der Waals surface area (Å²) in [6, 6.07) is 2.95.